The maximum absolute atomic E-state index is 3.93. The van der Waals surface area contributed by atoms with Gasteiger partial charge in [0.15, 0.2) is 0 Å². The number of fused-ring (bicyclic) bond motifs is 1. The van der Waals surface area contributed by atoms with E-state index >= 15 is 0 Å². The average Bonchev–Trinajstić information content (AvgIpc) is 2.41. The van der Waals surface area contributed by atoms with Crippen LogP contribution in [0.15, 0.2) is 0 Å². The summed E-state index contributed by atoms with van der Waals surface area (Å²) in [7, 11) is 0. The SMILES string of the molecule is CCCCCNC12CC3CCC(C1)C2C3. The summed E-state index contributed by atoms with van der Waals surface area (Å²) in [5.41, 5.74) is 0.638. The van der Waals surface area contributed by atoms with E-state index in [1.54, 1.807) is 19.3 Å². The molecule has 3 saturated carbocycles. The number of hydrogen-bond donors (Lipinski definition) is 1. The predicted octanol–water partition coefficient (Wildman–Crippen LogP) is 3.34. The summed E-state index contributed by atoms with van der Waals surface area (Å²) in [6.07, 6.45) is 11.8. The lowest BCUT2D eigenvalue weighted by Crippen LogP contribution is -2.59. The van der Waals surface area contributed by atoms with Crippen LogP contribution in [-0.4, -0.2) is 12.1 Å². The normalized spacial score (nSPS) is 46.6. The molecule has 0 saturated heterocycles. The lowest BCUT2D eigenvalue weighted by molar-refractivity contribution is 0.0246. The van der Waals surface area contributed by atoms with Gasteiger partial charge in [-0.15, -0.1) is 0 Å². The van der Waals surface area contributed by atoms with E-state index in [-0.39, 0.29) is 0 Å². The van der Waals surface area contributed by atoms with Crippen LogP contribution in [-0.2, 0) is 0 Å². The van der Waals surface area contributed by atoms with Crippen molar-refractivity contribution in [2.24, 2.45) is 17.8 Å². The lowest BCUT2D eigenvalue weighted by Gasteiger charge is -2.52. The summed E-state index contributed by atoms with van der Waals surface area (Å²) in [4.78, 5) is 0. The Balaban J connectivity index is 1.53. The molecule has 0 aromatic carbocycles. The topological polar surface area (TPSA) is 12.0 Å². The Bertz CT molecular complexity index is 235. The predicted molar refractivity (Wildman–Crippen MR) is 63.8 cm³/mol. The van der Waals surface area contributed by atoms with Crippen LogP contribution in [0.25, 0.3) is 0 Å². The van der Waals surface area contributed by atoms with Crippen molar-refractivity contribution in [3.05, 3.63) is 0 Å². The van der Waals surface area contributed by atoms with Gasteiger partial charge in [-0.25, -0.2) is 0 Å². The fourth-order valence-electron chi connectivity index (χ4n) is 4.62. The first-order valence-electron chi connectivity index (χ1n) is 7.09. The molecule has 0 aliphatic heterocycles. The Morgan fingerprint density at radius 1 is 1.20 bits per heavy atom. The second-order valence-electron chi connectivity index (χ2n) is 6.24. The van der Waals surface area contributed by atoms with E-state index in [9.17, 15) is 0 Å². The molecule has 1 heteroatoms. The molecule has 15 heavy (non-hydrogen) atoms. The van der Waals surface area contributed by atoms with Crippen LogP contribution < -0.4 is 5.32 Å². The Morgan fingerprint density at radius 3 is 3.00 bits per heavy atom. The molecule has 1 nitrogen and oxygen atoms in total. The molecular formula is C14H25N. The van der Waals surface area contributed by atoms with Gasteiger partial charge in [0.05, 0.1) is 0 Å². The van der Waals surface area contributed by atoms with Crippen molar-refractivity contribution in [2.45, 2.75) is 63.8 Å². The summed E-state index contributed by atoms with van der Waals surface area (Å²) in [6, 6.07) is 0. The van der Waals surface area contributed by atoms with E-state index in [2.05, 4.69) is 12.2 Å². The second kappa shape index (κ2) is 3.76. The molecule has 0 aromatic rings. The Hall–Kier alpha value is -0.0400. The molecule has 3 fully saturated rings. The van der Waals surface area contributed by atoms with E-state index in [0.717, 1.165) is 17.8 Å². The van der Waals surface area contributed by atoms with Gasteiger partial charge in [-0.3, -0.25) is 0 Å². The smallest absolute Gasteiger partial charge is 0.0217 e. The van der Waals surface area contributed by atoms with Gasteiger partial charge in [-0.2, -0.15) is 0 Å². The highest BCUT2D eigenvalue weighted by atomic mass is 15.0. The lowest BCUT2D eigenvalue weighted by atomic mass is 9.59. The Morgan fingerprint density at radius 2 is 2.13 bits per heavy atom. The molecule has 1 N–H and O–H groups in total. The third kappa shape index (κ3) is 1.54. The number of unbranched alkanes of at least 4 members (excludes halogenated alkanes) is 2. The molecule has 0 radical (unpaired) electrons. The fraction of sp³-hybridized carbons (Fsp3) is 1.00. The Kier molecular flexibility index (Phi) is 2.54. The zero-order valence-electron chi connectivity index (χ0n) is 10.1. The Labute approximate surface area is 94.0 Å². The number of nitrogens with one attached hydrogen (secondary N) is 1. The first kappa shape index (κ1) is 10.1. The van der Waals surface area contributed by atoms with Crippen molar-refractivity contribution in [3.63, 3.8) is 0 Å². The van der Waals surface area contributed by atoms with Gasteiger partial charge >= 0.3 is 0 Å². The van der Waals surface area contributed by atoms with Gasteiger partial charge in [0.1, 0.15) is 0 Å². The molecular weight excluding hydrogens is 182 g/mol. The molecule has 3 aliphatic rings. The van der Waals surface area contributed by atoms with Crippen LogP contribution in [0.1, 0.15) is 58.3 Å². The summed E-state index contributed by atoms with van der Waals surface area (Å²) in [5.74, 6) is 3.28. The fourth-order valence-corrected chi connectivity index (χ4v) is 4.62. The van der Waals surface area contributed by atoms with Gasteiger partial charge in [0.25, 0.3) is 0 Å². The van der Waals surface area contributed by atoms with Gasteiger partial charge in [-0.1, -0.05) is 26.2 Å². The minimum absolute atomic E-state index is 0.638. The molecule has 0 aromatic heterocycles. The van der Waals surface area contributed by atoms with Crippen LogP contribution in [0.5, 0.6) is 0 Å². The van der Waals surface area contributed by atoms with Crippen molar-refractivity contribution < 1.29 is 0 Å². The zero-order chi connectivity index (χ0) is 10.3. The molecule has 3 rings (SSSR count). The summed E-state index contributed by atoms with van der Waals surface area (Å²) in [6.45, 7) is 3.57. The van der Waals surface area contributed by atoms with Crippen LogP contribution in [0, 0.1) is 17.8 Å². The maximum Gasteiger partial charge on any atom is 0.0217 e. The van der Waals surface area contributed by atoms with Crippen LogP contribution in [0.4, 0.5) is 0 Å². The second-order valence-corrected chi connectivity index (χ2v) is 6.24. The van der Waals surface area contributed by atoms with Crippen molar-refractivity contribution in [1.29, 1.82) is 0 Å². The maximum atomic E-state index is 3.93. The van der Waals surface area contributed by atoms with Crippen molar-refractivity contribution in [2.75, 3.05) is 6.54 Å². The minimum atomic E-state index is 0.638. The number of rotatable bonds is 5. The molecule has 3 aliphatic carbocycles. The van der Waals surface area contributed by atoms with Gasteiger partial charge in [0, 0.05) is 5.54 Å². The van der Waals surface area contributed by atoms with Crippen LogP contribution >= 0.6 is 0 Å². The van der Waals surface area contributed by atoms with Crippen LogP contribution in [0.2, 0.25) is 0 Å². The highest BCUT2D eigenvalue weighted by Crippen LogP contribution is 2.62. The summed E-state index contributed by atoms with van der Waals surface area (Å²) >= 11 is 0. The molecule has 86 valence electrons. The van der Waals surface area contributed by atoms with E-state index in [4.69, 9.17) is 0 Å². The number of hydrogen-bond acceptors (Lipinski definition) is 1. The minimum Gasteiger partial charge on any atom is -0.311 e. The monoisotopic (exact) mass is 207 g/mol. The van der Waals surface area contributed by atoms with Crippen molar-refractivity contribution in [1.82, 2.24) is 5.32 Å². The van der Waals surface area contributed by atoms with E-state index < -0.39 is 0 Å². The highest BCUT2D eigenvalue weighted by molar-refractivity contribution is 5.15. The zero-order valence-corrected chi connectivity index (χ0v) is 10.1. The molecule has 2 bridgehead atoms. The van der Waals surface area contributed by atoms with E-state index in [0.29, 0.717) is 5.54 Å². The third-order valence-corrected chi connectivity index (χ3v) is 5.35. The van der Waals surface area contributed by atoms with E-state index in [1.165, 1.54) is 38.6 Å². The molecule has 4 unspecified atom stereocenters. The third-order valence-electron chi connectivity index (χ3n) is 5.35. The first-order chi connectivity index (χ1) is 7.34. The van der Waals surface area contributed by atoms with Crippen molar-refractivity contribution in [3.8, 4) is 0 Å². The van der Waals surface area contributed by atoms with E-state index in [1.807, 2.05) is 0 Å². The standard InChI is InChI=1S/C14H25N/c1-2-3-4-7-15-14-9-11-5-6-12(10-14)13(14)8-11/h11-13,15H,2-10H2,1H3. The highest BCUT2D eigenvalue weighted by Gasteiger charge is 2.60. The average molecular weight is 207 g/mol. The molecule has 0 amide bonds. The molecule has 0 heterocycles. The van der Waals surface area contributed by atoms with Gasteiger partial charge < -0.3 is 5.32 Å². The molecule has 0 spiro atoms. The molecule has 4 atom stereocenters. The summed E-state index contributed by atoms with van der Waals surface area (Å²) < 4.78 is 0. The quantitative estimate of drug-likeness (QED) is 0.682. The van der Waals surface area contributed by atoms with Gasteiger partial charge in [-0.05, 0) is 56.4 Å². The van der Waals surface area contributed by atoms with Crippen LogP contribution in [0.3, 0.4) is 0 Å². The largest absolute Gasteiger partial charge is 0.311 e. The van der Waals surface area contributed by atoms with Crippen molar-refractivity contribution >= 4 is 0 Å². The first-order valence-corrected chi connectivity index (χ1v) is 7.09. The van der Waals surface area contributed by atoms with Gasteiger partial charge in [0.2, 0.25) is 0 Å². The summed E-state index contributed by atoms with van der Waals surface area (Å²) in [5, 5.41) is 3.93.